The third-order valence-corrected chi connectivity index (χ3v) is 20.1. The third-order valence-electron chi connectivity index (χ3n) is 17.9. The summed E-state index contributed by atoms with van der Waals surface area (Å²) in [5, 5.41) is 6.01. The first-order valence-electron chi connectivity index (χ1n) is 32.5. The second-order valence-corrected chi connectivity index (χ2v) is 26.1. The Kier molecular flexibility index (Phi) is 14.8. The van der Waals surface area contributed by atoms with Gasteiger partial charge in [0, 0.05) is 54.9 Å². The first-order valence-corrected chi connectivity index (χ1v) is 34.1. The molecule has 19 aromatic rings. The van der Waals surface area contributed by atoms with Crippen LogP contribution in [0, 0.1) is 0 Å². The van der Waals surface area contributed by atoms with Crippen LogP contribution in [0.5, 0.6) is 0 Å². The Bertz CT molecular complexity index is 6120. The van der Waals surface area contributed by atoms with Crippen LogP contribution in [0.2, 0.25) is 0 Å². The molecule has 0 N–H and O–H groups in total. The van der Waals surface area contributed by atoms with Gasteiger partial charge >= 0.3 is 0 Å². The van der Waals surface area contributed by atoms with Gasteiger partial charge in [0.2, 0.25) is 0 Å². The highest BCUT2D eigenvalue weighted by Gasteiger charge is 2.23. The fourth-order valence-electron chi connectivity index (χ4n) is 13.2. The summed E-state index contributed by atoms with van der Waals surface area (Å²) in [6.07, 6.45) is 0. The van der Waals surface area contributed by atoms with E-state index in [1.165, 1.54) is 11.1 Å². The lowest BCUT2D eigenvalue weighted by Crippen LogP contribution is -1.96. The molecule has 0 radical (unpaired) electrons. The zero-order valence-electron chi connectivity index (χ0n) is 52.5. The Hall–Kier alpha value is -12.6. The van der Waals surface area contributed by atoms with Gasteiger partial charge in [0.05, 0.1) is 54.3 Å². The van der Waals surface area contributed by atoms with Crippen molar-refractivity contribution in [1.82, 2.24) is 29.9 Å². The van der Waals surface area contributed by atoms with Gasteiger partial charge in [0.1, 0.15) is 32.3 Å². The first kappa shape index (κ1) is 58.0. The van der Waals surface area contributed by atoms with Crippen molar-refractivity contribution in [1.29, 1.82) is 0 Å². The van der Waals surface area contributed by atoms with E-state index in [0.29, 0.717) is 11.6 Å². The van der Waals surface area contributed by atoms with E-state index in [9.17, 15) is 0 Å². The van der Waals surface area contributed by atoms with Crippen molar-refractivity contribution in [3.05, 3.63) is 328 Å². The molecule has 13 aromatic carbocycles. The van der Waals surface area contributed by atoms with Crippen LogP contribution in [-0.2, 0) is 0 Å². The van der Waals surface area contributed by atoms with Crippen LogP contribution in [0.1, 0.15) is 0 Å². The summed E-state index contributed by atoms with van der Waals surface area (Å²) >= 11 is 3.36. The number of para-hydroxylation sites is 4. The molecule has 19 rings (SSSR count). The summed E-state index contributed by atoms with van der Waals surface area (Å²) in [6, 6.07) is 113. The number of nitrogens with zero attached hydrogens (tertiary/aromatic N) is 6. The van der Waals surface area contributed by atoms with Crippen LogP contribution in [0.3, 0.4) is 0 Å². The predicted molar refractivity (Wildman–Crippen MR) is 405 cm³/mol. The number of thiazole rings is 2. The molecule has 0 fully saturated rings. The number of hydrogen-bond donors (Lipinski definition) is 0. The standard InChI is InChI=1S/C47H29N3OS.C41H25N3OS/c1-3-12-30(13-4-1)32-24-26-33(27-25-32)40-29-41(49-46(48-40)35-17-9-16-34(28-35)31-14-5-2-6-15-31)36-18-11-22-42-44(36)37-19-10-20-38(45(37)51-42)47-50-39-21-7-8-23-43(39)52-47;1-3-12-26(13-4-1)28-16-9-17-29(24-28)34-25-35(43-40(42-34)27-14-5-2-6-15-27)30-18-11-22-36-38(30)31-19-10-20-32(39(31)45-36)41-44-33-21-7-8-23-37(33)46-41/h1-29H;1-25H. The molecular weight excluding hydrogens is 1240 g/mol. The lowest BCUT2D eigenvalue weighted by atomic mass is 9.99. The summed E-state index contributed by atoms with van der Waals surface area (Å²) < 4.78 is 15.6. The number of aromatic nitrogens is 6. The smallest absolute Gasteiger partial charge is 0.160 e. The van der Waals surface area contributed by atoms with Gasteiger partial charge in [-0.25, -0.2) is 29.9 Å². The maximum atomic E-state index is 6.67. The minimum atomic E-state index is 0.664. The summed E-state index contributed by atoms with van der Waals surface area (Å²) in [5.74, 6) is 1.34. The van der Waals surface area contributed by atoms with Gasteiger partial charge in [-0.2, -0.15) is 0 Å². The van der Waals surface area contributed by atoms with Crippen LogP contribution >= 0.6 is 22.7 Å². The minimum Gasteiger partial charge on any atom is -0.455 e. The number of fused-ring (bicyclic) bond motifs is 8. The number of benzene rings is 13. The molecule has 0 aliphatic heterocycles. The third kappa shape index (κ3) is 11.0. The maximum absolute atomic E-state index is 6.67. The molecule has 0 saturated carbocycles. The van der Waals surface area contributed by atoms with Crippen molar-refractivity contribution >= 4 is 87.0 Å². The Morgan fingerprint density at radius 2 is 0.571 bits per heavy atom. The van der Waals surface area contributed by atoms with E-state index in [1.54, 1.807) is 22.7 Å². The second kappa shape index (κ2) is 24.9. The SMILES string of the molecule is c1ccc(-c2ccc(-c3cc(-c4cccc5oc6c(-c7nc8ccccc8s7)cccc6c45)nc(-c4cccc(-c5ccccc5)c4)n3)cc2)cc1.c1ccc(-c2cccc(-c3cc(-c4cccc5oc6c(-c7nc8ccccc8s7)cccc6c45)nc(-c4ccccc4)n3)c2)cc1. The molecule has 0 aliphatic rings. The van der Waals surface area contributed by atoms with Crippen molar-refractivity contribution in [2.24, 2.45) is 0 Å². The van der Waals surface area contributed by atoms with Crippen LogP contribution < -0.4 is 0 Å². The highest BCUT2D eigenvalue weighted by Crippen LogP contribution is 2.45. The van der Waals surface area contributed by atoms with E-state index >= 15 is 0 Å². The molecule has 460 valence electrons. The molecule has 0 bridgehead atoms. The van der Waals surface area contributed by atoms with E-state index in [0.717, 1.165) is 164 Å². The van der Waals surface area contributed by atoms with E-state index in [1.807, 2.05) is 72.8 Å². The highest BCUT2D eigenvalue weighted by molar-refractivity contribution is 7.22. The van der Waals surface area contributed by atoms with E-state index in [2.05, 4.69) is 255 Å². The van der Waals surface area contributed by atoms with Crippen LogP contribution in [0.25, 0.3) is 187 Å². The molecule has 0 saturated heterocycles. The number of hydrogen-bond acceptors (Lipinski definition) is 10. The summed E-state index contributed by atoms with van der Waals surface area (Å²) in [4.78, 5) is 30.6. The number of furan rings is 2. The van der Waals surface area contributed by atoms with E-state index in [4.69, 9.17) is 38.7 Å². The Balaban J connectivity index is 0.000000143. The van der Waals surface area contributed by atoms with Gasteiger partial charge in [0.15, 0.2) is 11.6 Å². The molecule has 98 heavy (non-hydrogen) atoms. The topological polar surface area (TPSA) is 104 Å². The largest absolute Gasteiger partial charge is 0.455 e. The zero-order chi connectivity index (χ0) is 64.9. The minimum absolute atomic E-state index is 0.664. The second-order valence-electron chi connectivity index (χ2n) is 24.0. The average Bonchev–Trinajstić information content (AvgIpc) is 1.58. The van der Waals surface area contributed by atoms with Crippen LogP contribution in [0.15, 0.2) is 336 Å². The summed E-state index contributed by atoms with van der Waals surface area (Å²) in [7, 11) is 0. The molecular formula is C88H54N6O2S2. The van der Waals surface area contributed by atoms with Gasteiger partial charge in [-0.1, -0.05) is 255 Å². The highest BCUT2D eigenvalue weighted by atomic mass is 32.1. The van der Waals surface area contributed by atoms with Gasteiger partial charge in [-0.3, -0.25) is 0 Å². The maximum Gasteiger partial charge on any atom is 0.160 e. The Morgan fingerprint density at radius 3 is 1.07 bits per heavy atom. The molecule has 0 aliphatic carbocycles. The number of rotatable bonds is 11. The molecule has 0 spiro atoms. The van der Waals surface area contributed by atoms with Gasteiger partial charge in [-0.15, -0.1) is 22.7 Å². The molecule has 0 atom stereocenters. The monoisotopic (exact) mass is 1290 g/mol. The van der Waals surface area contributed by atoms with E-state index in [-0.39, 0.29) is 0 Å². The fraction of sp³-hybridized carbons (Fsp3) is 0. The summed E-state index contributed by atoms with van der Waals surface area (Å²) in [6.45, 7) is 0. The molecule has 6 heterocycles. The molecule has 0 amide bonds. The molecule has 6 aromatic heterocycles. The molecule has 0 unspecified atom stereocenters. The van der Waals surface area contributed by atoms with Crippen molar-refractivity contribution in [2.45, 2.75) is 0 Å². The van der Waals surface area contributed by atoms with Gasteiger partial charge in [-0.05, 0) is 106 Å². The van der Waals surface area contributed by atoms with Crippen molar-refractivity contribution in [2.75, 3.05) is 0 Å². The average molecular weight is 1290 g/mol. The summed E-state index contributed by atoms with van der Waals surface area (Å²) in [5.41, 5.74) is 23.5. The molecule has 8 nitrogen and oxygen atoms in total. The van der Waals surface area contributed by atoms with Gasteiger partial charge in [0.25, 0.3) is 0 Å². The predicted octanol–water partition coefficient (Wildman–Crippen LogP) is 24.3. The molecule has 10 heteroatoms. The lowest BCUT2D eigenvalue weighted by molar-refractivity contribution is 0.669. The Labute approximate surface area is 571 Å². The van der Waals surface area contributed by atoms with Crippen molar-refractivity contribution < 1.29 is 8.83 Å². The Morgan fingerprint density at radius 1 is 0.224 bits per heavy atom. The van der Waals surface area contributed by atoms with Crippen molar-refractivity contribution in [3.8, 4) is 122 Å². The normalized spacial score (nSPS) is 11.5. The van der Waals surface area contributed by atoms with Crippen molar-refractivity contribution in [3.63, 3.8) is 0 Å². The quantitative estimate of drug-likeness (QED) is 0.126. The lowest BCUT2D eigenvalue weighted by Gasteiger charge is -2.12. The van der Waals surface area contributed by atoms with Gasteiger partial charge < -0.3 is 8.83 Å². The fourth-order valence-corrected chi connectivity index (χ4v) is 15.1. The first-order chi connectivity index (χ1) is 48.5. The van der Waals surface area contributed by atoms with Crippen LogP contribution in [0.4, 0.5) is 0 Å². The van der Waals surface area contributed by atoms with Crippen LogP contribution in [-0.4, -0.2) is 29.9 Å². The zero-order valence-corrected chi connectivity index (χ0v) is 54.1. The van der Waals surface area contributed by atoms with E-state index < -0.39 is 0 Å².